The molecule has 4 rings (SSSR count). The second-order valence-electron chi connectivity index (χ2n) is 5.68. The molecule has 0 fully saturated rings. The normalized spacial score (nSPS) is 16.2. The summed E-state index contributed by atoms with van der Waals surface area (Å²) in [6.45, 7) is 0. The summed E-state index contributed by atoms with van der Waals surface area (Å²) in [5.74, 6) is 1.25. The molecule has 3 aromatic rings. The molecule has 1 aromatic heterocycles. The second-order valence-corrected chi connectivity index (χ2v) is 6.46. The lowest BCUT2D eigenvalue weighted by atomic mass is 10.1. The number of hydrogen-bond acceptors (Lipinski definition) is 3. The first-order valence-electron chi connectivity index (χ1n) is 7.54. The first-order chi connectivity index (χ1) is 11.6. The van der Waals surface area contributed by atoms with Gasteiger partial charge in [0.05, 0.1) is 16.1 Å². The SMILES string of the molecule is O=c1cc(-c2ccc(OC3CCc4c3ccc(Cl)c4Cl)cc2)o[nH]1. The Kier molecular flexibility index (Phi) is 3.87. The zero-order valence-corrected chi connectivity index (χ0v) is 14.0. The van der Waals surface area contributed by atoms with Crippen LogP contribution >= 0.6 is 23.2 Å². The monoisotopic (exact) mass is 361 g/mol. The van der Waals surface area contributed by atoms with Crippen LogP contribution in [0.5, 0.6) is 5.75 Å². The number of hydrogen-bond donors (Lipinski definition) is 1. The minimum absolute atomic E-state index is 0.0363. The van der Waals surface area contributed by atoms with Crippen LogP contribution in [0.3, 0.4) is 0 Å². The van der Waals surface area contributed by atoms with Gasteiger partial charge in [-0.25, -0.2) is 0 Å². The molecule has 24 heavy (non-hydrogen) atoms. The van der Waals surface area contributed by atoms with E-state index in [-0.39, 0.29) is 11.7 Å². The molecular weight excluding hydrogens is 349 g/mol. The van der Waals surface area contributed by atoms with Gasteiger partial charge in [-0.15, -0.1) is 0 Å². The molecule has 0 spiro atoms. The number of nitrogens with one attached hydrogen (secondary N) is 1. The lowest BCUT2D eigenvalue weighted by Crippen LogP contribution is -2.03. The largest absolute Gasteiger partial charge is 0.486 e. The minimum atomic E-state index is -0.261. The van der Waals surface area contributed by atoms with Crippen molar-refractivity contribution in [3.05, 3.63) is 74.0 Å². The van der Waals surface area contributed by atoms with Crippen LogP contribution in [0.25, 0.3) is 11.3 Å². The van der Waals surface area contributed by atoms with Crippen LogP contribution in [0.4, 0.5) is 0 Å². The summed E-state index contributed by atoms with van der Waals surface area (Å²) in [7, 11) is 0. The van der Waals surface area contributed by atoms with Gasteiger partial charge in [-0.1, -0.05) is 29.3 Å². The van der Waals surface area contributed by atoms with Crippen LogP contribution in [-0.4, -0.2) is 5.16 Å². The van der Waals surface area contributed by atoms with Crippen molar-refractivity contribution < 1.29 is 9.26 Å². The quantitative estimate of drug-likeness (QED) is 0.713. The number of halogens is 2. The van der Waals surface area contributed by atoms with E-state index >= 15 is 0 Å². The van der Waals surface area contributed by atoms with Crippen molar-refractivity contribution >= 4 is 23.2 Å². The number of ether oxygens (including phenoxy) is 1. The van der Waals surface area contributed by atoms with Gasteiger partial charge in [0.1, 0.15) is 11.9 Å². The van der Waals surface area contributed by atoms with E-state index in [1.54, 1.807) is 6.07 Å². The molecule has 0 aliphatic heterocycles. The summed E-state index contributed by atoms with van der Waals surface area (Å²) in [5.41, 5.74) is 2.70. The molecule has 0 saturated carbocycles. The lowest BCUT2D eigenvalue weighted by molar-refractivity contribution is 0.207. The van der Waals surface area contributed by atoms with Crippen molar-refractivity contribution in [2.75, 3.05) is 0 Å². The maximum atomic E-state index is 11.1. The highest BCUT2D eigenvalue weighted by atomic mass is 35.5. The number of aromatic amines is 1. The van der Waals surface area contributed by atoms with Gasteiger partial charge in [-0.05, 0) is 54.3 Å². The van der Waals surface area contributed by atoms with Gasteiger partial charge >= 0.3 is 0 Å². The highest BCUT2D eigenvalue weighted by Gasteiger charge is 2.27. The van der Waals surface area contributed by atoms with Crippen LogP contribution in [0.1, 0.15) is 23.7 Å². The van der Waals surface area contributed by atoms with Gasteiger partial charge in [-0.2, -0.15) is 5.16 Å². The first kappa shape index (κ1) is 15.4. The van der Waals surface area contributed by atoms with E-state index in [1.165, 1.54) is 6.07 Å². The van der Waals surface area contributed by atoms with Gasteiger partial charge in [0, 0.05) is 5.56 Å². The summed E-state index contributed by atoms with van der Waals surface area (Å²) in [5, 5.41) is 3.48. The zero-order valence-electron chi connectivity index (χ0n) is 12.5. The van der Waals surface area contributed by atoms with Gasteiger partial charge in [0.15, 0.2) is 5.76 Å². The molecule has 1 N–H and O–H groups in total. The minimum Gasteiger partial charge on any atom is -0.486 e. The van der Waals surface area contributed by atoms with Gasteiger partial charge < -0.3 is 9.26 Å². The summed E-state index contributed by atoms with van der Waals surface area (Å²) < 4.78 is 11.2. The Bertz CT molecular complexity index is 944. The molecule has 6 heteroatoms. The number of H-pyrrole nitrogens is 1. The molecule has 2 aromatic carbocycles. The van der Waals surface area contributed by atoms with E-state index in [9.17, 15) is 4.79 Å². The van der Waals surface area contributed by atoms with Crippen LogP contribution in [0.2, 0.25) is 10.0 Å². The van der Waals surface area contributed by atoms with E-state index in [2.05, 4.69) is 5.16 Å². The predicted molar refractivity (Wildman–Crippen MR) is 92.9 cm³/mol. The van der Waals surface area contributed by atoms with Crippen LogP contribution in [0, 0.1) is 0 Å². The highest BCUT2D eigenvalue weighted by Crippen LogP contribution is 2.41. The van der Waals surface area contributed by atoms with E-state index in [0.717, 1.165) is 35.3 Å². The fourth-order valence-corrected chi connectivity index (χ4v) is 3.45. The van der Waals surface area contributed by atoms with Crippen molar-refractivity contribution in [1.82, 2.24) is 5.16 Å². The first-order valence-corrected chi connectivity index (χ1v) is 8.30. The highest BCUT2D eigenvalue weighted by molar-refractivity contribution is 6.42. The molecule has 1 aliphatic rings. The Morgan fingerprint density at radius 1 is 1.12 bits per heavy atom. The van der Waals surface area contributed by atoms with Crippen molar-refractivity contribution in [1.29, 1.82) is 0 Å². The van der Waals surface area contributed by atoms with Crippen LogP contribution in [0.15, 0.2) is 51.8 Å². The standard InChI is InChI=1S/C18H13Cl2NO3/c19-14-7-5-12-13(18(14)20)6-8-15(12)23-11-3-1-10(2-4-11)16-9-17(22)21-24-16/h1-5,7,9,15H,6,8H2,(H,21,22). The fourth-order valence-electron chi connectivity index (χ4n) is 3.00. The topological polar surface area (TPSA) is 55.2 Å². The van der Waals surface area contributed by atoms with Crippen molar-refractivity contribution in [2.24, 2.45) is 0 Å². The summed E-state index contributed by atoms with van der Waals surface area (Å²) in [4.78, 5) is 11.1. The van der Waals surface area contributed by atoms with E-state index in [1.807, 2.05) is 30.3 Å². The number of fused-ring (bicyclic) bond motifs is 1. The third-order valence-corrected chi connectivity index (χ3v) is 5.02. The average Bonchev–Trinajstić information content (AvgIpc) is 3.19. The number of rotatable bonds is 3. The van der Waals surface area contributed by atoms with E-state index in [4.69, 9.17) is 32.5 Å². The second kappa shape index (κ2) is 6.04. The average molecular weight is 362 g/mol. The maximum absolute atomic E-state index is 11.1. The Hall–Kier alpha value is -2.17. The Morgan fingerprint density at radius 3 is 2.62 bits per heavy atom. The van der Waals surface area contributed by atoms with E-state index in [0.29, 0.717) is 15.8 Å². The van der Waals surface area contributed by atoms with Crippen molar-refractivity contribution in [3.8, 4) is 17.1 Å². The Balaban J connectivity index is 1.55. The van der Waals surface area contributed by atoms with Gasteiger partial charge in [-0.3, -0.25) is 4.79 Å². The third kappa shape index (κ3) is 2.72. The van der Waals surface area contributed by atoms with Gasteiger partial charge in [0.2, 0.25) is 0 Å². The third-order valence-electron chi connectivity index (χ3n) is 4.18. The maximum Gasteiger partial charge on any atom is 0.280 e. The van der Waals surface area contributed by atoms with Crippen LogP contribution < -0.4 is 10.3 Å². The van der Waals surface area contributed by atoms with Gasteiger partial charge in [0.25, 0.3) is 5.56 Å². The zero-order chi connectivity index (χ0) is 16.7. The van der Waals surface area contributed by atoms with Crippen LogP contribution in [-0.2, 0) is 6.42 Å². The smallest absolute Gasteiger partial charge is 0.280 e. The molecule has 4 nitrogen and oxygen atoms in total. The molecule has 122 valence electrons. The number of benzene rings is 2. The molecular formula is C18H13Cl2NO3. The Morgan fingerprint density at radius 2 is 1.92 bits per heavy atom. The molecule has 0 bridgehead atoms. The molecule has 0 saturated heterocycles. The summed E-state index contributed by atoms with van der Waals surface area (Å²) >= 11 is 12.3. The lowest BCUT2D eigenvalue weighted by Gasteiger charge is -2.15. The van der Waals surface area contributed by atoms with Crippen molar-refractivity contribution in [2.45, 2.75) is 18.9 Å². The molecule has 1 heterocycles. The summed E-state index contributed by atoms with van der Waals surface area (Å²) in [6.07, 6.45) is 1.68. The molecule has 1 aliphatic carbocycles. The molecule has 1 atom stereocenters. The van der Waals surface area contributed by atoms with E-state index < -0.39 is 0 Å². The predicted octanol–water partition coefficient (Wildman–Crippen LogP) is 5.01. The number of aromatic nitrogens is 1. The fraction of sp³-hybridized carbons (Fsp3) is 0.167. The molecule has 0 amide bonds. The Labute approximate surface area is 147 Å². The van der Waals surface area contributed by atoms with Crippen molar-refractivity contribution in [3.63, 3.8) is 0 Å². The molecule has 0 radical (unpaired) electrons. The molecule has 1 unspecified atom stereocenters. The summed E-state index contributed by atoms with van der Waals surface area (Å²) in [6, 6.07) is 12.6.